The van der Waals surface area contributed by atoms with Crippen LogP contribution in [0.25, 0.3) is 0 Å². The summed E-state index contributed by atoms with van der Waals surface area (Å²) in [6.45, 7) is 9.07. The van der Waals surface area contributed by atoms with Gasteiger partial charge in [-0.1, -0.05) is 32.9 Å². The number of guanidine groups is 1. The second-order valence-electron chi connectivity index (χ2n) is 7.12. The Morgan fingerprint density at radius 2 is 1.93 bits per heavy atom. The molecule has 1 aromatic heterocycles. The van der Waals surface area contributed by atoms with E-state index in [1.54, 1.807) is 12.3 Å². The van der Waals surface area contributed by atoms with E-state index in [1.165, 1.54) is 6.07 Å². The number of alkyl halides is 3. The van der Waals surface area contributed by atoms with Gasteiger partial charge in [0.05, 0.1) is 24.8 Å². The zero-order valence-electron chi connectivity index (χ0n) is 15.9. The van der Waals surface area contributed by atoms with Gasteiger partial charge in [0.15, 0.2) is 5.96 Å². The maximum atomic E-state index is 12.8. The first-order valence-corrected chi connectivity index (χ1v) is 8.73. The first-order chi connectivity index (χ1) is 12.6. The number of rotatable bonds is 5. The summed E-state index contributed by atoms with van der Waals surface area (Å²) in [5.74, 6) is 1.78. The summed E-state index contributed by atoms with van der Waals surface area (Å²) in [6.07, 6.45) is -2.66. The number of nitrogens with one attached hydrogen (secondary N) is 2. The van der Waals surface area contributed by atoms with Crippen LogP contribution in [0.5, 0.6) is 0 Å². The number of aromatic nitrogens is 1. The molecule has 148 valence electrons. The van der Waals surface area contributed by atoms with Crippen LogP contribution < -0.4 is 10.6 Å². The number of aliphatic imine (C=N–C) groups is 1. The Balaban J connectivity index is 2.03. The quantitative estimate of drug-likeness (QED) is 0.600. The molecule has 0 unspecified atom stereocenters. The Morgan fingerprint density at radius 3 is 2.52 bits per heavy atom. The third kappa shape index (κ3) is 6.30. The molecule has 27 heavy (non-hydrogen) atoms. The fourth-order valence-corrected chi connectivity index (χ4v) is 2.26. The summed E-state index contributed by atoms with van der Waals surface area (Å²) in [7, 11) is 0. The van der Waals surface area contributed by atoms with E-state index in [-0.39, 0.29) is 12.0 Å². The smallest absolute Gasteiger partial charge is 0.416 e. The van der Waals surface area contributed by atoms with Crippen LogP contribution in [-0.2, 0) is 24.7 Å². The predicted octanol–water partition coefficient (Wildman–Crippen LogP) is 4.25. The molecule has 0 aliphatic carbocycles. The standard InChI is InChI=1S/C19H25F3N4O/c1-5-23-17(26-12-16-24-11-15(27-16)18(2,3)4)25-10-13-7-6-8-14(9-13)19(20,21)22/h6-9,11H,5,10,12H2,1-4H3,(H2,23,25,26). The lowest BCUT2D eigenvalue weighted by Gasteiger charge is -2.13. The van der Waals surface area contributed by atoms with Crippen LogP contribution in [0.1, 0.15) is 50.5 Å². The molecule has 8 heteroatoms. The van der Waals surface area contributed by atoms with Gasteiger partial charge in [0.1, 0.15) is 5.76 Å². The van der Waals surface area contributed by atoms with Crippen molar-refractivity contribution in [1.29, 1.82) is 0 Å². The highest BCUT2D eigenvalue weighted by atomic mass is 19.4. The summed E-state index contributed by atoms with van der Waals surface area (Å²) in [6, 6.07) is 5.16. The highest BCUT2D eigenvalue weighted by Gasteiger charge is 2.30. The number of nitrogens with zero attached hydrogens (tertiary/aromatic N) is 2. The van der Waals surface area contributed by atoms with Gasteiger partial charge in [-0.3, -0.25) is 0 Å². The van der Waals surface area contributed by atoms with E-state index in [0.29, 0.717) is 30.5 Å². The van der Waals surface area contributed by atoms with Gasteiger partial charge >= 0.3 is 6.18 Å². The minimum Gasteiger partial charge on any atom is -0.443 e. The van der Waals surface area contributed by atoms with Crippen LogP contribution in [0, 0.1) is 0 Å². The van der Waals surface area contributed by atoms with Crippen molar-refractivity contribution in [1.82, 2.24) is 15.6 Å². The molecule has 0 aliphatic heterocycles. The average molecular weight is 382 g/mol. The van der Waals surface area contributed by atoms with Gasteiger partial charge in [-0.25, -0.2) is 9.98 Å². The zero-order chi connectivity index (χ0) is 20.1. The average Bonchev–Trinajstić information content (AvgIpc) is 3.06. The van der Waals surface area contributed by atoms with Crippen molar-refractivity contribution in [2.24, 2.45) is 4.99 Å². The number of benzene rings is 1. The summed E-state index contributed by atoms with van der Waals surface area (Å²) < 4.78 is 44.1. The Hall–Kier alpha value is -2.51. The molecule has 2 aromatic rings. The molecule has 0 radical (unpaired) electrons. The van der Waals surface area contributed by atoms with Crippen LogP contribution >= 0.6 is 0 Å². The molecule has 2 rings (SSSR count). The van der Waals surface area contributed by atoms with E-state index in [2.05, 4.69) is 20.6 Å². The molecule has 0 spiro atoms. The molecule has 5 nitrogen and oxygen atoms in total. The zero-order valence-corrected chi connectivity index (χ0v) is 15.9. The molecule has 1 heterocycles. The van der Waals surface area contributed by atoms with Gasteiger partial charge in [-0.15, -0.1) is 0 Å². The summed E-state index contributed by atoms with van der Waals surface area (Å²) in [5, 5.41) is 6.13. The predicted molar refractivity (Wildman–Crippen MR) is 98.3 cm³/mol. The van der Waals surface area contributed by atoms with Gasteiger partial charge < -0.3 is 15.1 Å². The molecule has 0 amide bonds. The molecular weight excluding hydrogens is 357 g/mol. The van der Waals surface area contributed by atoms with Crippen LogP contribution in [0.3, 0.4) is 0 Å². The van der Waals surface area contributed by atoms with E-state index in [1.807, 2.05) is 27.7 Å². The number of halogens is 3. The van der Waals surface area contributed by atoms with Gasteiger partial charge in [0.25, 0.3) is 0 Å². The third-order valence-corrected chi connectivity index (χ3v) is 3.72. The van der Waals surface area contributed by atoms with Crippen molar-refractivity contribution < 1.29 is 17.6 Å². The second kappa shape index (κ2) is 8.45. The lowest BCUT2D eigenvalue weighted by molar-refractivity contribution is -0.137. The van der Waals surface area contributed by atoms with Crippen LogP contribution in [0.4, 0.5) is 13.2 Å². The summed E-state index contributed by atoms with van der Waals surface area (Å²) in [4.78, 5) is 8.57. The Kier molecular flexibility index (Phi) is 6.51. The van der Waals surface area contributed by atoms with Crippen molar-refractivity contribution in [3.63, 3.8) is 0 Å². The molecule has 0 saturated carbocycles. The fourth-order valence-electron chi connectivity index (χ4n) is 2.26. The molecule has 2 N–H and O–H groups in total. The SMILES string of the molecule is CCNC(=NCc1cccc(C(F)(F)F)c1)NCc1ncc(C(C)(C)C)o1. The Bertz CT molecular complexity index is 776. The molecular formula is C19H25F3N4O. The number of hydrogen-bond donors (Lipinski definition) is 2. The van der Waals surface area contributed by atoms with Gasteiger partial charge in [-0.2, -0.15) is 13.2 Å². The van der Waals surface area contributed by atoms with Gasteiger partial charge in [0, 0.05) is 12.0 Å². The fraction of sp³-hybridized carbons (Fsp3) is 0.474. The molecule has 0 fully saturated rings. The van der Waals surface area contributed by atoms with Crippen LogP contribution in [-0.4, -0.2) is 17.5 Å². The van der Waals surface area contributed by atoms with E-state index in [9.17, 15) is 13.2 Å². The van der Waals surface area contributed by atoms with Gasteiger partial charge in [0.2, 0.25) is 5.89 Å². The van der Waals surface area contributed by atoms with E-state index in [4.69, 9.17) is 4.42 Å². The molecule has 0 atom stereocenters. The minimum atomic E-state index is -4.36. The second-order valence-corrected chi connectivity index (χ2v) is 7.12. The van der Waals surface area contributed by atoms with Crippen molar-refractivity contribution >= 4 is 5.96 Å². The Morgan fingerprint density at radius 1 is 1.19 bits per heavy atom. The van der Waals surface area contributed by atoms with Gasteiger partial charge in [-0.05, 0) is 24.6 Å². The number of oxazole rings is 1. The lowest BCUT2D eigenvalue weighted by Crippen LogP contribution is -2.36. The van der Waals surface area contributed by atoms with Crippen molar-refractivity contribution in [3.8, 4) is 0 Å². The highest BCUT2D eigenvalue weighted by Crippen LogP contribution is 2.29. The summed E-state index contributed by atoms with van der Waals surface area (Å²) in [5.41, 5.74) is -0.330. The van der Waals surface area contributed by atoms with E-state index >= 15 is 0 Å². The largest absolute Gasteiger partial charge is 0.443 e. The van der Waals surface area contributed by atoms with Crippen molar-refractivity contribution in [2.75, 3.05) is 6.54 Å². The first kappa shape index (κ1) is 20.8. The Labute approximate surface area is 157 Å². The molecule has 0 saturated heterocycles. The number of hydrogen-bond acceptors (Lipinski definition) is 3. The molecule has 0 aliphatic rings. The van der Waals surface area contributed by atoms with E-state index < -0.39 is 11.7 Å². The summed E-state index contributed by atoms with van der Waals surface area (Å²) >= 11 is 0. The van der Waals surface area contributed by atoms with Crippen LogP contribution in [0.15, 0.2) is 39.9 Å². The normalized spacial score (nSPS) is 12.9. The minimum absolute atomic E-state index is 0.123. The van der Waals surface area contributed by atoms with Crippen molar-refractivity contribution in [2.45, 2.75) is 52.4 Å². The molecule has 0 bridgehead atoms. The van der Waals surface area contributed by atoms with Crippen molar-refractivity contribution in [3.05, 3.63) is 53.2 Å². The monoisotopic (exact) mass is 382 g/mol. The first-order valence-electron chi connectivity index (χ1n) is 8.73. The topological polar surface area (TPSA) is 62.5 Å². The third-order valence-electron chi connectivity index (χ3n) is 3.72. The maximum Gasteiger partial charge on any atom is 0.416 e. The molecule has 1 aromatic carbocycles. The maximum absolute atomic E-state index is 12.8. The van der Waals surface area contributed by atoms with Crippen LogP contribution in [0.2, 0.25) is 0 Å². The lowest BCUT2D eigenvalue weighted by atomic mass is 9.94. The highest BCUT2D eigenvalue weighted by molar-refractivity contribution is 5.79. The van der Waals surface area contributed by atoms with E-state index in [0.717, 1.165) is 17.9 Å².